The average molecular weight is 274 g/mol. The van der Waals surface area contributed by atoms with Crippen molar-refractivity contribution in [2.24, 2.45) is 0 Å². The third kappa shape index (κ3) is 1.65. The Balaban J connectivity index is 2.62. The van der Waals surface area contributed by atoms with Crippen molar-refractivity contribution in [1.82, 2.24) is 20.2 Å². The second-order valence-electron chi connectivity index (χ2n) is 2.73. The molecule has 1 aromatic carbocycles. The number of rotatable bonds is 1. The summed E-state index contributed by atoms with van der Waals surface area (Å²) in [5.41, 5.74) is 0.767. The van der Waals surface area contributed by atoms with Crippen LogP contribution < -0.4 is 0 Å². The summed E-state index contributed by atoms with van der Waals surface area (Å²) in [7, 11) is 0. The van der Waals surface area contributed by atoms with Gasteiger partial charge in [0.2, 0.25) is 0 Å². The highest BCUT2D eigenvalue weighted by molar-refractivity contribution is 9.10. The highest BCUT2D eigenvalue weighted by Crippen LogP contribution is 2.24. The molecule has 0 saturated heterocycles. The molecule has 1 aromatic heterocycles. The van der Waals surface area contributed by atoms with E-state index in [0.29, 0.717) is 10.8 Å². The molecule has 0 radical (unpaired) electrons. The van der Waals surface area contributed by atoms with Crippen LogP contribution >= 0.6 is 27.5 Å². The molecule has 4 nitrogen and oxygen atoms in total. The van der Waals surface area contributed by atoms with Crippen LogP contribution in [0.3, 0.4) is 0 Å². The molecule has 0 spiro atoms. The number of nitrogens with zero attached hydrogens (tertiary/aromatic N) is 4. The maximum Gasteiger partial charge on any atom is 0.153 e. The van der Waals surface area contributed by atoms with Crippen molar-refractivity contribution in [3.8, 4) is 5.69 Å². The predicted molar refractivity (Wildman–Crippen MR) is 56.6 cm³/mol. The Morgan fingerprint density at radius 3 is 2.86 bits per heavy atom. The molecule has 0 N–H and O–H groups in total. The van der Waals surface area contributed by atoms with E-state index in [1.165, 1.54) is 0 Å². The Morgan fingerprint density at radius 2 is 2.21 bits per heavy atom. The molecule has 0 bridgehead atoms. The summed E-state index contributed by atoms with van der Waals surface area (Å²) in [6, 6.07) is 5.53. The number of aromatic nitrogens is 4. The molecule has 0 aliphatic heterocycles. The molecular weight excluding hydrogens is 267 g/mol. The van der Waals surface area contributed by atoms with Gasteiger partial charge in [-0.1, -0.05) is 27.5 Å². The van der Waals surface area contributed by atoms with E-state index in [-0.39, 0.29) is 0 Å². The van der Waals surface area contributed by atoms with Gasteiger partial charge in [-0.05, 0) is 35.5 Å². The van der Waals surface area contributed by atoms with Crippen LogP contribution in [0.4, 0.5) is 0 Å². The van der Waals surface area contributed by atoms with Crippen LogP contribution in [0, 0.1) is 6.92 Å². The molecule has 14 heavy (non-hydrogen) atoms. The molecular formula is C8H6BrClN4. The summed E-state index contributed by atoms with van der Waals surface area (Å²) >= 11 is 9.39. The van der Waals surface area contributed by atoms with Gasteiger partial charge in [-0.3, -0.25) is 0 Å². The standard InChI is InChI=1S/C8H6BrClN4/c1-5-11-12-13-14(5)8-4-6(9)2-3-7(8)10/h2-4H,1H3. The van der Waals surface area contributed by atoms with E-state index in [1.54, 1.807) is 10.7 Å². The fourth-order valence-electron chi connectivity index (χ4n) is 1.10. The first-order valence-corrected chi connectivity index (χ1v) is 5.06. The molecule has 0 fully saturated rings. The van der Waals surface area contributed by atoms with Gasteiger partial charge in [-0.2, -0.15) is 4.68 Å². The minimum Gasteiger partial charge on any atom is -0.196 e. The molecule has 6 heteroatoms. The van der Waals surface area contributed by atoms with E-state index in [9.17, 15) is 0 Å². The lowest BCUT2D eigenvalue weighted by Crippen LogP contribution is -2.00. The van der Waals surface area contributed by atoms with Gasteiger partial charge in [0.25, 0.3) is 0 Å². The first-order chi connectivity index (χ1) is 6.68. The van der Waals surface area contributed by atoms with E-state index in [2.05, 4.69) is 31.5 Å². The monoisotopic (exact) mass is 272 g/mol. The number of benzene rings is 1. The maximum absolute atomic E-state index is 6.02. The molecule has 0 unspecified atom stereocenters. The van der Waals surface area contributed by atoms with Crippen LogP contribution in [0.5, 0.6) is 0 Å². The number of hydrogen-bond donors (Lipinski definition) is 0. The normalized spacial score (nSPS) is 10.5. The van der Waals surface area contributed by atoms with Crippen molar-refractivity contribution in [1.29, 1.82) is 0 Å². The highest BCUT2D eigenvalue weighted by atomic mass is 79.9. The Hall–Kier alpha value is -0.940. The SMILES string of the molecule is Cc1nnnn1-c1cc(Br)ccc1Cl. The van der Waals surface area contributed by atoms with Crippen molar-refractivity contribution in [2.75, 3.05) is 0 Å². The summed E-state index contributed by atoms with van der Waals surface area (Å²) in [6.07, 6.45) is 0. The average Bonchev–Trinajstić information content (AvgIpc) is 2.56. The smallest absolute Gasteiger partial charge is 0.153 e. The van der Waals surface area contributed by atoms with E-state index in [0.717, 1.165) is 10.2 Å². The largest absolute Gasteiger partial charge is 0.196 e. The lowest BCUT2D eigenvalue weighted by atomic mass is 10.3. The fraction of sp³-hybridized carbons (Fsp3) is 0.125. The van der Waals surface area contributed by atoms with Gasteiger partial charge in [0.05, 0.1) is 10.7 Å². The van der Waals surface area contributed by atoms with Gasteiger partial charge in [-0.15, -0.1) is 5.10 Å². The van der Waals surface area contributed by atoms with E-state index in [1.807, 2.05) is 19.1 Å². The number of halogens is 2. The topological polar surface area (TPSA) is 43.6 Å². The molecule has 2 rings (SSSR count). The van der Waals surface area contributed by atoms with Crippen molar-refractivity contribution in [3.63, 3.8) is 0 Å². The zero-order chi connectivity index (χ0) is 10.1. The molecule has 72 valence electrons. The van der Waals surface area contributed by atoms with Gasteiger partial charge >= 0.3 is 0 Å². The zero-order valence-electron chi connectivity index (χ0n) is 7.28. The Kier molecular flexibility index (Phi) is 2.52. The lowest BCUT2D eigenvalue weighted by molar-refractivity contribution is 0.779. The lowest BCUT2D eigenvalue weighted by Gasteiger charge is -2.04. The highest BCUT2D eigenvalue weighted by Gasteiger charge is 2.07. The Morgan fingerprint density at radius 1 is 1.43 bits per heavy atom. The Labute approximate surface area is 94.0 Å². The van der Waals surface area contributed by atoms with E-state index < -0.39 is 0 Å². The van der Waals surface area contributed by atoms with Gasteiger partial charge in [-0.25, -0.2) is 0 Å². The van der Waals surface area contributed by atoms with Crippen molar-refractivity contribution in [3.05, 3.63) is 33.5 Å². The van der Waals surface area contributed by atoms with Crippen LogP contribution in [-0.2, 0) is 0 Å². The molecule has 1 heterocycles. The molecule has 2 aromatic rings. The van der Waals surface area contributed by atoms with Gasteiger partial charge in [0.15, 0.2) is 5.82 Å². The van der Waals surface area contributed by atoms with Crippen molar-refractivity contribution >= 4 is 27.5 Å². The number of tetrazole rings is 1. The molecule has 0 atom stereocenters. The van der Waals surface area contributed by atoms with Crippen molar-refractivity contribution in [2.45, 2.75) is 6.92 Å². The second-order valence-corrected chi connectivity index (χ2v) is 4.06. The molecule has 0 aliphatic carbocycles. The van der Waals surface area contributed by atoms with Crippen molar-refractivity contribution < 1.29 is 0 Å². The van der Waals surface area contributed by atoms with Gasteiger partial charge in [0, 0.05) is 4.47 Å². The molecule has 0 saturated carbocycles. The molecule has 0 amide bonds. The summed E-state index contributed by atoms with van der Waals surface area (Å²) in [6.45, 7) is 1.82. The zero-order valence-corrected chi connectivity index (χ0v) is 9.62. The summed E-state index contributed by atoms with van der Waals surface area (Å²) < 4.78 is 2.53. The Bertz CT molecular complexity index is 468. The minimum atomic E-state index is 0.614. The maximum atomic E-state index is 6.02. The van der Waals surface area contributed by atoms with E-state index in [4.69, 9.17) is 11.6 Å². The summed E-state index contributed by atoms with van der Waals surface area (Å²) in [5, 5.41) is 11.8. The third-order valence-corrected chi connectivity index (χ3v) is 2.57. The van der Waals surface area contributed by atoms with E-state index >= 15 is 0 Å². The minimum absolute atomic E-state index is 0.614. The summed E-state index contributed by atoms with van der Waals surface area (Å²) in [4.78, 5) is 0. The quantitative estimate of drug-likeness (QED) is 0.801. The van der Waals surface area contributed by atoms with Gasteiger partial charge < -0.3 is 0 Å². The predicted octanol–water partition coefficient (Wildman–Crippen LogP) is 2.39. The van der Waals surface area contributed by atoms with Crippen LogP contribution in [-0.4, -0.2) is 20.2 Å². The molecule has 0 aliphatic rings. The van der Waals surface area contributed by atoms with Crippen LogP contribution in [0.15, 0.2) is 22.7 Å². The van der Waals surface area contributed by atoms with Crippen LogP contribution in [0.1, 0.15) is 5.82 Å². The fourth-order valence-corrected chi connectivity index (χ4v) is 1.65. The van der Waals surface area contributed by atoms with Gasteiger partial charge in [0.1, 0.15) is 0 Å². The number of hydrogen-bond acceptors (Lipinski definition) is 3. The first-order valence-electron chi connectivity index (χ1n) is 3.89. The van der Waals surface area contributed by atoms with Crippen LogP contribution in [0.25, 0.3) is 5.69 Å². The van der Waals surface area contributed by atoms with Crippen LogP contribution in [0.2, 0.25) is 5.02 Å². The number of aryl methyl sites for hydroxylation is 1. The second kappa shape index (κ2) is 3.67. The summed E-state index contributed by atoms with van der Waals surface area (Å²) in [5.74, 6) is 0.699. The first kappa shape index (κ1) is 9.61. The third-order valence-electron chi connectivity index (χ3n) is 1.76.